The number of esters is 2. The highest BCUT2D eigenvalue weighted by molar-refractivity contribution is 7.85. The molecule has 0 aromatic rings. The maximum absolute atomic E-state index is 11.3. The van der Waals surface area contributed by atoms with Gasteiger partial charge in [-0.05, 0) is 40.5 Å². The molecule has 0 saturated carbocycles. The first kappa shape index (κ1) is 28.0. The topological polar surface area (TPSA) is 133 Å². The lowest BCUT2D eigenvalue weighted by molar-refractivity contribution is -0.148. The van der Waals surface area contributed by atoms with Gasteiger partial charge in [0.05, 0.1) is 18.0 Å². The molecule has 162 valence electrons. The lowest BCUT2D eigenvalue weighted by Gasteiger charge is -2.08. The Morgan fingerprint density at radius 1 is 0.815 bits per heavy atom. The van der Waals surface area contributed by atoms with Gasteiger partial charge in [-0.3, -0.25) is 14.1 Å². The normalized spacial score (nSPS) is 11.1. The van der Waals surface area contributed by atoms with Crippen LogP contribution in [0.1, 0.15) is 79.1 Å². The van der Waals surface area contributed by atoms with Crippen molar-refractivity contribution in [1.29, 1.82) is 0 Å². The van der Waals surface area contributed by atoms with E-state index in [2.05, 4.69) is 0 Å². The van der Waals surface area contributed by atoms with E-state index in [0.717, 1.165) is 38.5 Å². The van der Waals surface area contributed by atoms with Gasteiger partial charge in [0.15, 0.2) is 0 Å². The molecule has 27 heavy (non-hydrogen) atoms. The predicted molar refractivity (Wildman–Crippen MR) is 105 cm³/mol. The van der Waals surface area contributed by atoms with Crippen LogP contribution in [0.4, 0.5) is 0 Å². The maximum atomic E-state index is 11.3. The first-order chi connectivity index (χ1) is 12.5. The van der Waals surface area contributed by atoms with E-state index in [1.807, 2.05) is 27.7 Å². The Kier molecular flexibility index (Phi) is 17.6. The van der Waals surface area contributed by atoms with Gasteiger partial charge in [0.25, 0.3) is 10.1 Å². The smallest absolute Gasteiger partial charge is 0.306 e. The van der Waals surface area contributed by atoms with Gasteiger partial charge >= 0.3 is 11.9 Å². The Morgan fingerprint density at radius 2 is 1.15 bits per heavy atom. The van der Waals surface area contributed by atoms with E-state index in [4.69, 9.17) is 19.8 Å². The summed E-state index contributed by atoms with van der Waals surface area (Å²) < 4.78 is 37.4. The summed E-state index contributed by atoms with van der Waals surface area (Å²) in [5.74, 6) is -0.555. The first-order valence-electron chi connectivity index (χ1n) is 9.52. The summed E-state index contributed by atoms with van der Waals surface area (Å²) in [6, 6.07) is 0. The molecule has 0 saturated heterocycles. The number of carbonyl (C=O) groups is 2. The van der Waals surface area contributed by atoms with Gasteiger partial charge in [0.1, 0.15) is 0 Å². The number of carbonyl (C=O) groups excluding carboxylic acids is 2. The standard InChI is InChI=1S/C16H30O4.C2H7NO3S/c1-13(2)19-15(17)11-9-7-5-6-8-10-12-16(18)20-14(3)4;3-1-2-7(4,5)6/h13-14H,5-12H2,1-4H3;1-3H2,(H,4,5,6). The number of unbranched alkanes of at least 4 members (excludes halogenated alkanes) is 5. The Balaban J connectivity index is 0. The maximum Gasteiger partial charge on any atom is 0.306 e. The van der Waals surface area contributed by atoms with Gasteiger partial charge < -0.3 is 15.2 Å². The van der Waals surface area contributed by atoms with Gasteiger partial charge in [-0.25, -0.2) is 0 Å². The second kappa shape index (κ2) is 16.9. The van der Waals surface area contributed by atoms with Crippen molar-refractivity contribution in [3.8, 4) is 0 Å². The Bertz CT molecular complexity index is 462. The summed E-state index contributed by atoms with van der Waals surface area (Å²) in [5.41, 5.74) is 4.78. The minimum absolute atomic E-state index is 0.0203. The molecule has 0 atom stereocenters. The largest absolute Gasteiger partial charge is 0.463 e. The van der Waals surface area contributed by atoms with Crippen LogP contribution in [-0.4, -0.2) is 49.4 Å². The summed E-state index contributed by atoms with van der Waals surface area (Å²) >= 11 is 0. The van der Waals surface area contributed by atoms with Crippen LogP contribution < -0.4 is 5.73 Å². The molecule has 0 spiro atoms. The molecule has 0 aliphatic carbocycles. The second-order valence-corrected chi connectivity index (χ2v) is 8.35. The predicted octanol–water partition coefficient (Wildman–Crippen LogP) is 2.84. The van der Waals surface area contributed by atoms with Gasteiger partial charge in [0, 0.05) is 19.4 Å². The van der Waals surface area contributed by atoms with Crippen LogP contribution in [0.5, 0.6) is 0 Å². The molecule has 0 bridgehead atoms. The molecule has 0 rings (SSSR count). The van der Waals surface area contributed by atoms with Crippen LogP contribution in [0, 0.1) is 0 Å². The molecule has 0 aliphatic heterocycles. The third kappa shape index (κ3) is 27.1. The summed E-state index contributed by atoms with van der Waals surface area (Å²) in [7, 11) is -3.80. The van der Waals surface area contributed by atoms with E-state index in [1.54, 1.807) is 0 Å². The van der Waals surface area contributed by atoms with E-state index < -0.39 is 10.1 Å². The van der Waals surface area contributed by atoms with Gasteiger partial charge in [-0.15, -0.1) is 0 Å². The van der Waals surface area contributed by atoms with Gasteiger partial charge in [0.2, 0.25) is 0 Å². The zero-order valence-corrected chi connectivity index (χ0v) is 17.9. The summed E-state index contributed by atoms with van der Waals surface area (Å²) in [4.78, 5) is 22.6. The second-order valence-electron chi connectivity index (χ2n) is 6.77. The van der Waals surface area contributed by atoms with Gasteiger partial charge in [-0.1, -0.05) is 25.7 Å². The highest BCUT2D eigenvalue weighted by Gasteiger charge is 2.06. The third-order valence-electron chi connectivity index (χ3n) is 3.12. The molecule has 0 amide bonds. The molecule has 0 aromatic heterocycles. The van der Waals surface area contributed by atoms with Crippen LogP contribution >= 0.6 is 0 Å². The lowest BCUT2D eigenvalue weighted by Crippen LogP contribution is -2.13. The van der Waals surface area contributed by atoms with Crippen molar-refractivity contribution in [2.75, 3.05) is 12.3 Å². The van der Waals surface area contributed by atoms with Crippen LogP contribution in [0.3, 0.4) is 0 Å². The quantitative estimate of drug-likeness (QED) is 0.268. The van der Waals surface area contributed by atoms with Crippen molar-refractivity contribution in [3.05, 3.63) is 0 Å². The van der Waals surface area contributed by atoms with Crippen LogP contribution in [0.15, 0.2) is 0 Å². The van der Waals surface area contributed by atoms with Crippen LogP contribution in [0.2, 0.25) is 0 Å². The minimum atomic E-state index is -3.80. The van der Waals surface area contributed by atoms with Crippen molar-refractivity contribution in [1.82, 2.24) is 0 Å². The molecule has 0 unspecified atom stereocenters. The fourth-order valence-corrected chi connectivity index (χ4v) is 2.34. The highest BCUT2D eigenvalue weighted by Crippen LogP contribution is 2.10. The monoisotopic (exact) mass is 411 g/mol. The summed E-state index contributed by atoms with van der Waals surface area (Å²) in [6.07, 6.45) is 7.07. The van der Waals surface area contributed by atoms with Crippen molar-refractivity contribution in [2.45, 2.75) is 91.3 Å². The number of hydrogen-bond acceptors (Lipinski definition) is 7. The lowest BCUT2D eigenvalue weighted by atomic mass is 10.1. The molecule has 0 aromatic carbocycles. The molecule has 3 N–H and O–H groups in total. The van der Waals surface area contributed by atoms with Crippen LogP contribution in [0.25, 0.3) is 0 Å². The average Bonchev–Trinajstić information content (AvgIpc) is 2.47. The average molecular weight is 412 g/mol. The van der Waals surface area contributed by atoms with Crippen LogP contribution in [-0.2, 0) is 29.2 Å². The molecule has 0 fully saturated rings. The zero-order chi connectivity index (χ0) is 21.3. The SMILES string of the molecule is CC(C)OC(=O)CCCCCCCCC(=O)OC(C)C.NCCS(=O)(=O)O. The number of ether oxygens (including phenoxy) is 2. The van der Waals surface area contributed by atoms with E-state index in [0.29, 0.717) is 12.8 Å². The molecular formula is C18H37NO7S. The van der Waals surface area contributed by atoms with Crippen molar-refractivity contribution >= 4 is 22.1 Å². The summed E-state index contributed by atoms with van der Waals surface area (Å²) in [6.45, 7) is 7.42. The Morgan fingerprint density at radius 3 is 1.37 bits per heavy atom. The highest BCUT2D eigenvalue weighted by atomic mass is 32.2. The number of hydrogen-bond donors (Lipinski definition) is 2. The zero-order valence-electron chi connectivity index (χ0n) is 17.1. The van der Waals surface area contributed by atoms with Crippen molar-refractivity contribution in [3.63, 3.8) is 0 Å². The molecule has 0 aliphatic rings. The fourth-order valence-electron chi connectivity index (χ4n) is 2.04. The van der Waals surface area contributed by atoms with Crippen molar-refractivity contribution < 1.29 is 32.0 Å². The Labute approximate surface area is 163 Å². The number of nitrogens with two attached hydrogens (primary N) is 1. The fraction of sp³-hybridized carbons (Fsp3) is 0.889. The minimum Gasteiger partial charge on any atom is -0.463 e. The summed E-state index contributed by atoms with van der Waals surface area (Å²) in [5, 5.41) is 0. The Hall–Kier alpha value is -1.19. The van der Waals surface area contributed by atoms with Crippen molar-refractivity contribution in [2.24, 2.45) is 5.73 Å². The van der Waals surface area contributed by atoms with E-state index >= 15 is 0 Å². The molecule has 0 radical (unpaired) electrons. The number of rotatable bonds is 13. The first-order valence-corrected chi connectivity index (χ1v) is 11.1. The van der Waals surface area contributed by atoms with Gasteiger partial charge in [-0.2, -0.15) is 8.42 Å². The van der Waals surface area contributed by atoms with E-state index in [9.17, 15) is 18.0 Å². The third-order valence-corrected chi connectivity index (χ3v) is 3.87. The molecule has 0 heterocycles. The molecular weight excluding hydrogens is 374 g/mol. The molecule has 8 nitrogen and oxygen atoms in total. The molecule has 9 heteroatoms. The van der Waals surface area contributed by atoms with E-state index in [1.165, 1.54) is 0 Å². The van der Waals surface area contributed by atoms with E-state index in [-0.39, 0.29) is 36.4 Å².